The van der Waals surface area contributed by atoms with Gasteiger partial charge in [-0.2, -0.15) is 0 Å². The summed E-state index contributed by atoms with van der Waals surface area (Å²) in [5.41, 5.74) is 7.87. The van der Waals surface area contributed by atoms with Crippen molar-refractivity contribution in [1.29, 1.82) is 0 Å². The number of aliphatic hydroxyl groups excluding tert-OH is 1. The zero-order chi connectivity index (χ0) is 25.0. The molecule has 0 aromatic heterocycles. The van der Waals surface area contributed by atoms with Crippen LogP contribution in [0.4, 0.5) is 4.39 Å². The van der Waals surface area contributed by atoms with Crippen molar-refractivity contribution in [3.05, 3.63) is 143 Å². The molecule has 184 valence electrons. The molecule has 4 nitrogen and oxygen atoms in total. The third-order valence-electron chi connectivity index (χ3n) is 7.22. The monoisotopic (exact) mass is 483 g/mol. The topological polar surface area (TPSA) is 64.7 Å². The molecule has 1 heterocycles. The zero-order valence-corrected chi connectivity index (χ0v) is 20.0. The highest BCUT2D eigenvalue weighted by atomic mass is 19.1. The van der Waals surface area contributed by atoms with E-state index in [0.717, 1.165) is 16.7 Å². The van der Waals surface area contributed by atoms with Gasteiger partial charge in [0.1, 0.15) is 11.4 Å². The molecule has 4 aromatic carbocycles. The van der Waals surface area contributed by atoms with Crippen molar-refractivity contribution >= 4 is 0 Å². The van der Waals surface area contributed by atoms with Gasteiger partial charge in [-0.05, 0) is 22.8 Å². The molecule has 1 saturated heterocycles. The second kappa shape index (κ2) is 10.3. The molecular weight excluding hydrogens is 453 g/mol. The molecule has 0 saturated carbocycles. The molecule has 0 unspecified atom stereocenters. The van der Waals surface area contributed by atoms with Crippen LogP contribution in [0.2, 0.25) is 0 Å². The fourth-order valence-electron chi connectivity index (χ4n) is 5.34. The third-order valence-corrected chi connectivity index (χ3v) is 7.22. The first kappa shape index (κ1) is 24.3. The maximum Gasteiger partial charge on any atom is 0.143 e. The van der Waals surface area contributed by atoms with Crippen LogP contribution in [-0.2, 0) is 20.6 Å². The number of hydrogen-bond acceptors (Lipinski definition) is 4. The van der Waals surface area contributed by atoms with Gasteiger partial charge < -0.3 is 20.3 Å². The minimum absolute atomic E-state index is 0.0855. The van der Waals surface area contributed by atoms with Gasteiger partial charge in [-0.15, -0.1) is 0 Å². The van der Waals surface area contributed by atoms with Gasteiger partial charge in [0.25, 0.3) is 0 Å². The third kappa shape index (κ3) is 4.25. The number of hydrogen-bond donors (Lipinski definition) is 2. The lowest BCUT2D eigenvalue weighted by Crippen LogP contribution is -2.48. The van der Waals surface area contributed by atoms with E-state index in [0.29, 0.717) is 5.56 Å². The maximum absolute atomic E-state index is 14.7. The van der Waals surface area contributed by atoms with Gasteiger partial charge in [-0.3, -0.25) is 0 Å². The van der Waals surface area contributed by atoms with E-state index in [2.05, 4.69) is 0 Å². The van der Waals surface area contributed by atoms with Crippen molar-refractivity contribution in [2.75, 3.05) is 19.8 Å². The Morgan fingerprint density at radius 1 is 0.806 bits per heavy atom. The smallest absolute Gasteiger partial charge is 0.143 e. The van der Waals surface area contributed by atoms with Gasteiger partial charge in [0, 0.05) is 11.5 Å². The second-order valence-electron chi connectivity index (χ2n) is 9.25. The van der Waals surface area contributed by atoms with E-state index in [1.54, 1.807) is 18.2 Å². The highest BCUT2D eigenvalue weighted by Gasteiger charge is 2.50. The summed E-state index contributed by atoms with van der Waals surface area (Å²) in [6.45, 7) is -0.0205. The number of benzene rings is 4. The Bertz CT molecular complexity index is 1170. The van der Waals surface area contributed by atoms with Gasteiger partial charge in [-0.25, -0.2) is 4.39 Å². The summed E-state index contributed by atoms with van der Waals surface area (Å²) in [4.78, 5) is 0. The Labute approximate surface area is 211 Å². The van der Waals surface area contributed by atoms with Gasteiger partial charge in [-0.1, -0.05) is 109 Å². The first-order valence-electron chi connectivity index (χ1n) is 12.2. The summed E-state index contributed by atoms with van der Waals surface area (Å²) in [6, 6.07) is 36.6. The Morgan fingerprint density at radius 3 is 1.75 bits per heavy atom. The van der Waals surface area contributed by atoms with E-state index in [1.165, 1.54) is 6.07 Å². The van der Waals surface area contributed by atoms with Gasteiger partial charge in [0.2, 0.25) is 0 Å². The van der Waals surface area contributed by atoms with E-state index in [9.17, 15) is 9.50 Å². The van der Waals surface area contributed by atoms with Crippen LogP contribution in [0, 0.1) is 11.7 Å². The fraction of sp³-hybridized carbons (Fsp3) is 0.226. The van der Waals surface area contributed by atoms with Crippen molar-refractivity contribution in [2.24, 2.45) is 11.7 Å². The average molecular weight is 484 g/mol. The quantitative estimate of drug-likeness (QED) is 0.347. The normalized spacial score (nSPS) is 22.0. The maximum atomic E-state index is 14.7. The van der Waals surface area contributed by atoms with Crippen LogP contribution >= 0.6 is 0 Å². The predicted octanol–water partition coefficient (Wildman–Crippen LogP) is 5.00. The molecule has 1 fully saturated rings. The van der Waals surface area contributed by atoms with E-state index in [4.69, 9.17) is 15.2 Å². The highest BCUT2D eigenvalue weighted by molar-refractivity contribution is 5.47. The van der Waals surface area contributed by atoms with Crippen LogP contribution < -0.4 is 5.73 Å². The van der Waals surface area contributed by atoms with Crippen LogP contribution in [0.1, 0.15) is 22.3 Å². The molecule has 1 aliphatic heterocycles. The molecule has 5 rings (SSSR count). The lowest BCUT2D eigenvalue weighted by atomic mass is 9.78. The molecule has 1 aliphatic rings. The minimum Gasteiger partial charge on any atom is -0.396 e. The van der Waals surface area contributed by atoms with Crippen LogP contribution in [0.15, 0.2) is 115 Å². The van der Waals surface area contributed by atoms with E-state index in [1.807, 2.05) is 91.0 Å². The molecule has 36 heavy (non-hydrogen) atoms. The average Bonchev–Trinajstić information content (AvgIpc) is 3.27. The summed E-state index contributed by atoms with van der Waals surface area (Å²) in [6.07, 6.45) is -0.532. The standard InChI is InChI=1S/C31H30FNO3/c32-28-19-11-10-18-26(28)30(33)22-35-29(27(30)20-34)21-36-31(23-12-4-1-5-13-23,24-14-6-2-7-15-24)25-16-8-3-9-17-25/h1-19,27,29,34H,20-22,33H2/t27-,29-,30-/m1/s1. The van der Waals surface area contributed by atoms with Gasteiger partial charge in [0.15, 0.2) is 0 Å². The van der Waals surface area contributed by atoms with Crippen LogP contribution in [0.3, 0.4) is 0 Å². The fourth-order valence-corrected chi connectivity index (χ4v) is 5.34. The lowest BCUT2D eigenvalue weighted by molar-refractivity contribution is -0.0603. The van der Waals surface area contributed by atoms with Crippen LogP contribution in [-0.4, -0.2) is 31.0 Å². The first-order valence-corrected chi connectivity index (χ1v) is 12.2. The molecular formula is C31H30FNO3. The molecule has 5 heteroatoms. The molecule has 0 spiro atoms. The summed E-state index contributed by atoms with van der Waals surface area (Å²) in [5, 5.41) is 10.4. The van der Waals surface area contributed by atoms with E-state index in [-0.39, 0.29) is 19.8 Å². The van der Waals surface area contributed by atoms with Crippen molar-refractivity contribution in [3.63, 3.8) is 0 Å². The summed E-state index contributed by atoms with van der Waals surface area (Å²) in [7, 11) is 0. The Morgan fingerprint density at radius 2 is 1.28 bits per heavy atom. The molecule has 3 N–H and O–H groups in total. The number of rotatable bonds is 8. The first-order chi connectivity index (χ1) is 17.6. The molecule has 3 atom stereocenters. The number of aliphatic hydroxyl groups is 1. The zero-order valence-electron chi connectivity index (χ0n) is 20.0. The van der Waals surface area contributed by atoms with Gasteiger partial charge >= 0.3 is 0 Å². The highest BCUT2D eigenvalue weighted by Crippen LogP contribution is 2.43. The Kier molecular flexibility index (Phi) is 6.99. The van der Waals surface area contributed by atoms with Crippen LogP contribution in [0.25, 0.3) is 0 Å². The second-order valence-corrected chi connectivity index (χ2v) is 9.25. The molecule has 0 aliphatic carbocycles. The van der Waals surface area contributed by atoms with Crippen molar-refractivity contribution in [2.45, 2.75) is 17.2 Å². The number of nitrogens with two attached hydrogens (primary N) is 1. The predicted molar refractivity (Wildman–Crippen MR) is 138 cm³/mol. The van der Waals surface area contributed by atoms with Crippen molar-refractivity contribution in [1.82, 2.24) is 0 Å². The molecule has 0 amide bonds. The summed E-state index contributed by atoms with van der Waals surface area (Å²) >= 11 is 0. The van der Waals surface area contributed by atoms with Crippen LogP contribution in [0.5, 0.6) is 0 Å². The SMILES string of the molecule is N[C@@]1(c2ccccc2F)CO[C@H](COC(c2ccccc2)(c2ccccc2)c2ccccc2)[C@H]1CO. The number of ether oxygens (including phenoxy) is 2. The minimum atomic E-state index is -1.16. The van der Waals surface area contributed by atoms with E-state index < -0.39 is 29.0 Å². The molecule has 0 bridgehead atoms. The van der Waals surface area contributed by atoms with E-state index >= 15 is 0 Å². The van der Waals surface area contributed by atoms with Crippen molar-refractivity contribution in [3.8, 4) is 0 Å². The van der Waals surface area contributed by atoms with Crippen molar-refractivity contribution < 1.29 is 19.0 Å². The largest absolute Gasteiger partial charge is 0.396 e. The summed E-state index contributed by atoms with van der Waals surface area (Å²) < 4.78 is 27.7. The lowest BCUT2D eigenvalue weighted by Gasteiger charge is -2.37. The van der Waals surface area contributed by atoms with Gasteiger partial charge in [0.05, 0.1) is 31.5 Å². The Hall–Kier alpha value is -3.35. The molecule has 0 radical (unpaired) electrons. The Balaban J connectivity index is 1.55. The number of halogens is 1. The molecule has 4 aromatic rings. The summed E-state index contributed by atoms with van der Waals surface area (Å²) in [5.74, 6) is -0.953.